The van der Waals surface area contributed by atoms with Gasteiger partial charge in [0.2, 0.25) is 0 Å². The van der Waals surface area contributed by atoms with Crippen molar-refractivity contribution in [2.45, 2.75) is 115 Å². The van der Waals surface area contributed by atoms with Crippen LogP contribution in [0.1, 0.15) is 103 Å². The van der Waals surface area contributed by atoms with Crippen molar-refractivity contribution >= 4 is 6.09 Å². The Morgan fingerprint density at radius 1 is 1.16 bits per heavy atom. The molecular formula is C29H45F3N2O3. The van der Waals surface area contributed by atoms with Crippen molar-refractivity contribution in [2.75, 3.05) is 26.2 Å². The van der Waals surface area contributed by atoms with Gasteiger partial charge in [0.15, 0.2) is 0 Å². The molecule has 1 aromatic carbocycles. The molecule has 1 amide bonds. The molecule has 1 unspecified atom stereocenters. The molecular weight excluding hydrogens is 481 g/mol. The molecule has 37 heavy (non-hydrogen) atoms. The third kappa shape index (κ3) is 8.09. The van der Waals surface area contributed by atoms with Crippen LogP contribution in [0.15, 0.2) is 24.3 Å². The fourth-order valence-corrected chi connectivity index (χ4v) is 5.72. The van der Waals surface area contributed by atoms with Crippen molar-refractivity contribution in [3.05, 3.63) is 35.4 Å². The van der Waals surface area contributed by atoms with Crippen LogP contribution in [0.2, 0.25) is 0 Å². The van der Waals surface area contributed by atoms with Gasteiger partial charge in [0.1, 0.15) is 6.10 Å². The van der Waals surface area contributed by atoms with Crippen molar-refractivity contribution in [3.63, 3.8) is 0 Å². The van der Waals surface area contributed by atoms with Crippen molar-refractivity contribution in [2.24, 2.45) is 0 Å². The molecule has 0 radical (unpaired) electrons. The predicted octanol–water partition coefficient (Wildman–Crippen LogP) is 6.99. The van der Waals surface area contributed by atoms with Gasteiger partial charge in [0.05, 0.1) is 11.2 Å². The van der Waals surface area contributed by atoms with Gasteiger partial charge in [-0.3, -0.25) is 0 Å². The number of aliphatic hydroxyl groups is 1. The van der Waals surface area contributed by atoms with E-state index in [0.717, 1.165) is 38.2 Å². The maximum absolute atomic E-state index is 13.5. The summed E-state index contributed by atoms with van der Waals surface area (Å²) in [5.41, 5.74) is -1.46. The lowest BCUT2D eigenvalue weighted by molar-refractivity contribution is -0.137. The third-order valence-corrected chi connectivity index (χ3v) is 7.99. The second-order valence-electron chi connectivity index (χ2n) is 11.9. The SMILES string of the molecule is CCCCN(C(=O)OC1CCN(CC(c2cccc(C(F)(F)F)c2)C2(O)CCCCC2)CC1)C(C)(C)C. The minimum Gasteiger partial charge on any atom is -0.446 e. The summed E-state index contributed by atoms with van der Waals surface area (Å²) in [6.45, 7) is 10.6. The molecule has 1 aromatic rings. The summed E-state index contributed by atoms with van der Waals surface area (Å²) in [6.07, 6.45) is 2.38. The van der Waals surface area contributed by atoms with Crippen molar-refractivity contribution in [3.8, 4) is 0 Å². The summed E-state index contributed by atoms with van der Waals surface area (Å²) in [7, 11) is 0. The zero-order valence-corrected chi connectivity index (χ0v) is 22.9. The Labute approximate surface area is 220 Å². The first-order valence-electron chi connectivity index (χ1n) is 13.9. The standard InChI is InChI=1S/C29H45F3N2O3/c1-5-6-17-34(27(2,3)4)26(35)37-24-13-18-33(19-14-24)21-25(28(36)15-8-7-9-16-28)22-11-10-12-23(20-22)29(30,31)32/h10-12,20,24-25,36H,5-9,13-19,21H2,1-4H3. The summed E-state index contributed by atoms with van der Waals surface area (Å²) < 4.78 is 46.3. The van der Waals surface area contributed by atoms with E-state index in [1.165, 1.54) is 12.1 Å². The maximum Gasteiger partial charge on any atom is 0.416 e. The smallest absolute Gasteiger partial charge is 0.416 e. The first-order chi connectivity index (χ1) is 17.3. The molecule has 1 saturated heterocycles. The van der Waals surface area contributed by atoms with Gasteiger partial charge in [0.25, 0.3) is 0 Å². The number of benzene rings is 1. The largest absolute Gasteiger partial charge is 0.446 e. The fraction of sp³-hybridized carbons (Fsp3) is 0.759. The topological polar surface area (TPSA) is 53.0 Å². The van der Waals surface area contributed by atoms with Crippen LogP contribution in [0.25, 0.3) is 0 Å². The Morgan fingerprint density at radius 3 is 2.38 bits per heavy atom. The van der Waals surface area contributed by atoms with Gasteiger partial charge >= 0.3 is 12.3 Å². The highest BCUT2D eigenvalue weighted by atomic mass is 19.4. The number of halogens is 3. The van der Waals surface area contributed by atoms with E-state index >= 15 is 0 Å². The van der Waals surface area contributed by atoms with Gasteiger partial charge in [-0.25, -0.2) is 4.79 Å². The monoisotopic (exact) mass is 526 g/mol. The average Bonchev–Trinajstić information content (AvgIpc) is 2.83. The van der Waals surface area contributed by atoms with E-state index in [0.29, 0.717) is 57.4 Å². The van der Waals surface area contributed by atoms with Crippen molar-refractivity contribution in [1.29, 1.82) is 0 Å². The Morgan fingerprint density at radius 2 is 1.81 bits per heavy atom. The van der Waals surface area contributed by atoms with Gasteiger partial charge < -0.3 is 19.6 Å². The van der Waals surface area contributed by atoms with Gasteiger partial charge in [-0.1, -0.05) is 50.8 Å². The Hall–Kier alpha value is -1.80. The molecule has 3 rings (SSSR count). The predicted molar refractivity (Wildman–Crippen MR) is 140 cm³/mol. The molecule has 1 atom stereocenters. The van der Waals surface area contributed by atoms with Gasteiger partial charge in [-0.05, 0) is 64.5 Å². The van der Waals surface area contributed by atoms with E-state index in [1.54, 1.807) is 11.0 Å². The maximum atomic E-state index is 13.5. The first-order valence-corrected chi connectivity index (χ1v) is 13.9. The average molecular weight is 527 g/mol. The number of nitrogens with zero attached hydrogens (tertiary/aromatic N) is 2. The number of hydrogen-bond donors (Lipinski definition) is 1. The van der Waals surface area contributed by atoms with Gasteiger partial charge in [0, 0.05) is 37.6 Å². The molecule has 210 valence electrons. The summed E-state index contributed by atoms with van der Waals surface area (Å²) >= 11 is 0. The van der Waals surface area contributed by atoms with Gasteiger partial charge in [-0.2, -0.15) is 13.2 Å². The number of likely N-dealkylation sites (tertiary alicyclic amines) is 1. The fourth-order valence-electron chi connectivity index (χ4n) is 5.72. The molecule has 1 aliphatic carbocycles. The van der Waals surface area contributed by atoms with Crippen molar-refractivity contribution in [1.82, 2.24) is 9.80 Å². The molecule has 1 saturated carbocycles. The Balaban J connectivity index is 1.67. The number of ether oxygens (including phenoxy) is 1. The highest BCUT2D eigenvalue weighted by Crippen LogP contribution is 2.42. The first kappa shape index (κ1) is 29.8. The molecule has 0 bridgehead atoms. The number of rotatable bonds is 8. The van der Waals surface area contributed by atoms with E-state index < -0.39 is 23.3 Å². The number of piperidine rings is 1. The minimum atomic E-state index is -4.42. The molecule has 0 spiro atoms. The zero-order chi connectivity index (χ0) is 27.3. The second kappa shape index (κ2) is 12.4. The number of hydrogen-bond acceptors (Lipinski definition) is 4. The lowest BCUT2D eigenvalue weighted by Crippen LogP contribution is -2.49. The van der Waals surface area contributed by atoms with Crippen LogP contribution in [0.3, 0.4) is 0 Å². The van der Waals surface area contributed by atoms with Crippen LogP contribution in [0.4, 0.5) is 18.0 Å². The van der Waals surface area contributed by atoms with E-state index in [4.69, 9.17) is 4.74 Å². The minimum absolute atomic E-state index is 0.181. The zero-order valence-electron chi connectivity index (χ0n) is 22.9. The molecule has 1 N–H and O–H groups in total. The Kier molecular flexibility index (Phi) is 9.95. The van der Waals surface area contributed by atoms with Crippen LogP contribution in [-0.2, 0) is 10.9 Å². The summed E-state index contributed by atoms with van der Waals surface area (Å²) in [5, 5.41) is 11.6. The van der Waals surface area contributed by atoms with Crippen LogP contribution in [0, 0.1) is 0 Å². The normalized spacial score (nSPS) is 20.4. The molecule has 8 heteroatoms. The number of carbonyl (C=O) groups is 1. The number of alkyl halides is 3. The van der Waals surface area contributed by atoms with Crippen LogP contribution >= 0.6 is 0 Å². The highest BCUT2D eigenvalue weighted by Gasteiger charge is 2.41. The highest BCUT2D eigenvalue weighted by molar-refractivity contribution is 5.68. The third-order valence-electron chi connectivity index (χ3n) is 7.99. The summed E-state index contributed by atoms with van der Waals surface area (Å²) in [4.78, 5) is 16.9. The molecule has 2 aliphatic rings. The van der Waals surface area contributed by atoms with E-state index in [9.17, 15) is 23.1 Å². The lowest BCUT2D eigenvalue weighted by Gasteiger charge is -2.43. The molecule has 1 heterocycles. The summed E-state index contributed by atoms with van der Waals surface area (Å²) in [5.74, 6) is -0.403. The van der Waals surface area contributed by atoms with E-state index in [-0.39, 0.29) is 17.7 Å². The summed E-state index contributed by atoms with van der Waals surface area (Å²) in [6, 6.07) is 5.47. The number of amides is 1. The van der Waals surface area contributed by atoms with Crippen LogP contribution in [0.5, 0.6) is 0 Å². The van der Waals surface area contributed by atoms with Crippen LogP contribution in [-0.4, -0.2) is 64.4 Å². The van der Waals surface area contributed by atoms with Gasteiger partial charge in [-0.15, -0.1) is 0 Å². The van der Waals surface area contributed by atoms with Crippen molar-refractivity contribution < 1.29 is 27.8 Å². The molecule has 1 aliphatic heterocycles. The number of carbonyl (C=O) groups excluding carboxylic acids is 1. The van der Waals surface area contributed by atoms with Crippen LogP contribution < -0.4 is 0 Å². The molecule has 2 fully saturated rings. The van der Waals surface area contributed by atoms with E-state index in [1.807, 2.05) is 20.8 Å². The lowest BCUT2D eigenvalue weighted by atomic mass is 9.72. The quantitative estimate of drug-likeness (QED) is 0.397. The molecule has 0 aromatic heterocycles. The Bertz CT molecular complexity index is 870. The second-order valence-corrected chi connectivity index (χ2v) is 11.9. The molecule has 5 nitrogen and oxygen atoms in total. The number of unbranched alkanes of at least 4 members (excludes halogenated alkanes) is 1. The van der Waals surface area contributed by atoms with E-state index in [2.05, 4.69) is 11.8 Å².